The molecule has 7 heteroatoms. The van der Waals surface area contributed by atoms with Gasteiger partial charge in [-0.2, -0.15) is 0 Å². The summed E-state index contributed by atoms with van der Waals surface area (Å²) in [5, 5.41) is 8.79. The molecule has 0 aliphatic heterocycles. The second-order valence-electron chi connectivity index (χ2n) is 4.87. The molecule has 0 unspecified atom stereocenters. The lowest BCUT2D eigenvalue weighted by molar-refractivity contribution is -0.137. The Morgan fingerprint density at radius 3 is 2.39 bits per heavy atom. The third kappa shape index (κ3) is 4.68. The molecule has 5 nitrogen and oxygen atoms in total. The molecule has 0 aromatic heterocycles. The Bertz CT molecular complexity index is 778. The van der Waals surface area contributed by atoms with Crippen molar-refractivity contribution in [1.82, 2.24) is 0 Å². The number of anilines is 1. The molecule has 122 valence electrons. The normalized spacial score (nSPS) is 11.2. The van der Waals surface area contributed by atoms with Crippen LogP contribution in [-0.2, 0) is 14.8 Å². The number of hydrogen-bond donors (Lipinski definition) is 1. The van der Waals surface area contributed by atoms with E-state index < -0.39 is 16.0 Å². The van der Waals surface area contributed by atoms with Crippen LogP contribution in [0.1, 0.15) is 12.8 Å². The standard InChI is InChI=1S/C16H16INO4S/c17-13-6-4-7-14(12-13)18(11-5-10-16(19)20)23(21,22)15-8-2-1-3-9-15/h1-4,6-9,12H,5,10-11H2,(H,19,20). The van der Waals surface area contributed by atoms with E-state index in [-0.39, 0.29) is 24.3 Å². The lowest BCUT2D eigenvalue weighted by Crippen LogP contribution is -2.32. The third-order valence-electron chi connectivity index (χ3n) is 3.18. The second kappa shape index (κ2) is 7.78. The van der Waals surface area contributed by atoms with Gasteiger partial charge in [-0.05, 0) is 59.3 Å². The summed E-state index contributed by atoms with van der Waals surface area (Å²) in [5.74, 6) is -0.940. The summed E-state index contributed by atoms with van der Waals surface area (Å²) in [6, 6.07) is 15.3. The number of rotatable bonds is 7. The average molecular weight is 445 g/mol. The van der Waals surface area contributed by atoms with E-state index in [9.17, 15) is 13.2 Å². The van der Waals surface area contributed by atoms with Crippen LogP contribution >= 0.6 is 22.6 Å². The summed E-state index contributed by atoms with van der Waals surface area (Å²) in [6.45, 7) is 0.115. The van der Waals surface area contributed by atoms with E-state index in [4.69, 9.17) is 5.11 Å². The van der Waals surface area contributed by atoms with Crippen LogP contribution in [0.5, 0.6) is 0 Å². The van der Waals surface area contributed by atoms with Crippen LogP contribution in [-0.4, -0.2) is 26.0 Å². The van der Waals surface area contributed by atoms with Crippen molar-refractivity contribution < 1.29 is 18.3 Å². The predicted molar refractivity (Wildman–Crippen MR) is 97.0 cm³/mol. The van der Waals surface area contributed by atoms with Gasteiger partial charge in [0.2, 0.25) is 0 Å². The highest BCUT2D eigenvalue weighted by molar-refractivity contribution is 14.1. The average Bonchev–Trinajstić information content (AvgIpc) is 2.52. The summed E-state index contributed by atoms with van der Waals surface area (Å²) < 4.78 is 28.0. The van der Waals surface area contributed by atoms with Crippen molar-refractivity contribution in [1.29, 1.82) is 0 Å². The molecule has 0 bridgehead atoms. The Balaban J connectivity index is 2.38. The summed E-state index contributed by atoms with van der Waals surface area (Å²) in [6.07, 6.45) is 0.164. The number of carboxylic acid groups (broad SMARTS) is 1. The van der Waals surface area contributed by atoms with Crippen molar-refractivity contribution in [2.45, 2.75) is 17.7 Å². The number of nitrogens with zero attached hydrogens (tertiary/aromatic N) is 1. The Morgan fingerprint density at radius 2 is 1.78 bits per heavy atom. The fourth-order valence-electron chi connectivity index (χ4n) is 2.11. The molecule has 0 aliphatic carbocycles. The third-order valence-corrected chi connectivity index (χ3v) is 5.69. The molecule has 0 spiro atoms. The van der Waals surface area contributed by atoms with Crippen LogP contribution in [0, 0.1) is 3.57 Å². The maximum Gasteiger partial charge on any atom is 0.303 e. The van der Waals surface area contributed by atoms with E-state index in [2.05, 4.69) is 22.6 Å². The van der Waals surface area contributed by atoms with Gasteiger partial charge in [0.15, 0.2) is 0 Å². The summed E-state index contributed by atoms with van der Waals surface area (Å²) in [7, 11) is -3.73. The summed E-state index contributed by atoms with van der Waals surface area (Å²) in [5.41, 5.74) is 0.533. The molecule has 2 rings (SSSR count). The van der Waals surface area contributed by atoms with E-state index in [1.54, 1.807) is 36.4 Å². The van der Waals surface area contributed by atoms with E-state index in [1.807, 2.05) is 6.07 Å². The van der Waals surface area contributed by atoms with Gasteiger partial charge in [0.05, 0.1) is 10.6 Å². The minimum Gasteiger partial charge on any atom is -0.481 e. The van der Waals surface area contributed by atoms with Crippen molar-refractivity contribution in [3.8, 4) is 0 Å². The van der Waals surface area contributed by atoms with Crippen LogP contribution in [0.2, 0.25) is 0 Å². The number of hydrogen-bond acceptors (Lipinski definition) is 3. The monoisotopic (exact) mass is 445 g/mol. The molecule has 0 radical (unpaired) electrons. The molecule has 0 amide bonds. The maximum atomic E-state index is 12.9. The first-order valence-corrected chi connectivity index (χ1v) is 9.48. The lowest BCUT2D eigenvalue weighted by atomic mass is 10.3. The number of sulfonamides is 1. The van der Waals surface area contributed by atoms with Crippen molar-refractivity contribution in [2.75, 3.05) is 10.8 Å². The SMILES string of the molecule is O=C(O)CCCN(c1cccc(I)c1)S(=O)(=O)c1ccccc1. The largest absolute Gasteiger partial charge is 0.481 e. The summed E-state index contributed by atoms with van der Waals surface area (Å²) in [4.78, 5) is 10.9. The molecule has 0 atom stereocenters. The zero-order valence-electron chi connectivity index (χ0n) is 12.2. The molecular weight excluding hydrogens is 429 g/mol. The van der Waals surface area contributed by atoms with Gasteiger partial charge in [-0.1, -0.05) is 24.3 Å². The molecule has 2 aromatic rings. The fraction of sp³-hybridized carbons (Fsp3) is 0.188. The van der Waals surface area contributed by atoms with Gasteiger partial charge in [-0.3, -0.25) is 9.10 Å². The number of carbonyl (C=O) groups is 1. The summed E-state index contributed by atoms with van der Waals surface area (Å²) >= 11 is 2.11. The topological polar surface area (TPSA) is 74.7 Å². The van der Waals surface area contributed by atoms with Crippen LogP contribution < -0.4 is 4.31 Å². The van der Waals surface area contributed by atoms with E-state index in [0.717, 1.165) is 3.57 Å². The van der Waals surface area contributed by atoms with Gasteiger partial charge in [-0.15, -0.1) is 0 Å². The van der Waals surface area contributed by atoms with Gasteiger partial charge >= 0.3 is 5.97 Å². The molecular formula is C16H16INO4S. The Kier molecular flexibility index (Phi) is 6.00. The first kappa shape index (κ1) is 17.7. The molecule has 0 aliphatic rings. The first-order chi connectivity index (χ1) is 10.9. The van der Waals surface area contributed by atoms with Crippen molar-refractivity contribution in [2.24, 2.45) is 0 Å². The highest BCUT2D eigenvalue weighted by Crippen LogP contribution is 2.25. The molecule has 0 heterocycles. The highest BCUT2D eigenvalue weighted by Gasteiger charge is 2.24. The van der Waals surface area contributed by atoms with Gasteiger partial charge < -0.3 is 5.11 Å². The fourth-order valence-corrected chi connectivity index (χ4v) is 4.16. The second-order valence-corrected chi connectivity index (χ2v) is 7.98. The smallest absolute Gasteiger partial charge is 0.303 e. The number of benzene rings is 2. The number of aliphatic carboxylic acids is 1. The number of carboxylic acids is 1. The maximum absolute atomic E-state index is 12.9. The lowest BCUT2D eigenvalue weighted by Gasteiger charge is -2.24. The molecule has 0 saturated carbocycles. The van der Waals surface area contributed by atoms with Crippen molar-refractivity contribution in [3.05, 3.63) is 58.2 Å². The van der Waals surface area contributed by atoms with E-state index >= 15 is 0 Å². The van der Waals surface area contributed by atoms with E-state index in [1.165, 1.54) is 16.4 Å². The van der Waals surface area contributed by atoms with Crippen molar-refractivity contribution >= 4 is 44.3 Å². The van der Waals surface area contributed by atoms with E-state index in [0.29, 0.717) is 5.69 Å². The van der Waals surface area contributed by atoms with Crippen LogP contribution in [0.15, 0.2) is 59.5 Å². The molecule has 23 heavy (non-hydrogen) atoms. The first-order valence-electron chi connectivity index (χ1n) is 6.96. The Labute approximate surface area is 149 Å². The zero-order valence-corrected chi connectivity index (χ0v) is 15.2. The van der Waals surface area contributed by atoms with Crippen LogP contribution in [0.4, 0.5) is 5.69 Å². The van der Waals surface area contributed by atoms with Crippen molar-refractivity contribution in [3.63, 3.8) is 0 Å². The van der Waals surface area contributed by atoms with Gasteiger partial charge in [0.1, 0.15) is 0 Å². The molecule has 0 fully saturated rings. The van der Waals surface area contributed by atoms with Gasteiger partial charge in [-0.25, -0.2) is 8.42 Å². The quantitative estimate of drug-likeness (QED) is 0.664. The predicted octanol–water partition coefficient (Wildman–Crippen LogP) is 3.35. The zero-order chi connectivity index (χ0) is 16.9. The molecule has 2 aromatic carbocycles. The van der Waals surface area contributed by atoms with Crippen LogP contribution in [0.25, 0.3) is 0 Å². The minimum atomic E-state index is -3.73. The molecule has 1 N–H and O–H groups in total. The van der Waals surface area contributed by atoms with Crippen LogP contribution in [0.3, 0.4) is 0 Å². The minimum absolute atomic E-state index is 0.0786. The van der Waals surface area contributed by atoms with Gasteiger partial charge in [0.25, 0.3) is 10.0 Å². The molecule has 0 saturated heterocycles. The Hall–Kier alpha value is -1.61. The Morgan fingerprint density at radius 1 is 1.09 bits per heavy atom. The van der Waals surface area contributed by atoms with Gasteiger partial charge in [0, 0.05) is 16.5 Å². The highest BCUT2D eigenvalue weighted by atomic mass is 127. The number of halogens is 1.